The number of nitrogens with zero attached hydrogens (tertiary/aromatic N) is 1. The lowest BCUT2D eigenvalue weighted by Gasteiger charge is -1.99. The number of nitrogens with two attached hydrogens (primary N) is 1. The quantitative estimate of drug-likeness (QED) is 0.758. The van der Waals surface area contributed by atoms with Crippen molar-refractivity contribution in [3.63, 3.8) is 0 Å². The maximum Gasteiger partial charge on any atom is 0.248 e. The molecule has 3 rings (SSSR count). The summed E-state index contributed by atoms with van der Waals surface area (Å²) in [7, 11) is 0. The Bertz CT molecular complexity index is 631. The molecule has 0 aliphatic heterocycles. The van der Waals surface area contributed by atoms with E-state index in [4.69, 9.17) is 5.73 Å². The number of primary amides is 1. The minimum atomic E-state index is -0.379. The zero-order valence-electron chi connectivity index (χ0n) is 11.0. The van der Waals surface area contributed by atoms with E-state index in [1.807, 2.05) is 48.8 Å². The molecular formula is C17H16N2O. The van der Waals surface area contributed by atoms with E-state index in [9.17, 15) is 4.79 Å². The monoisotopic (exact) mass is 264 g/mol. The molecular weight excluding hydrogens is 248 g/mol. The average molecular weight is 264 g/mol. The van der Waals surface area contributed by atoms with Gasteiger partial charge in [0.2, 0.25) is 5.91 Å². The second-order valence-corrected chi connectivity index (χ2v) is 4.16. The molecule has 0 bridgehead atoms. The molecule has 0 radical (unpaired) electrons. The maximum absolute atomic E-state index is 10.4. The Kier molecular flexibility index (Phi) is 4.73. The van der Waals surface area contributed by atoms with Crippen LogP contribution in [0.15, 0.2) is 85.2 Å². The Hall–Kier alpha value is -2.81. The maximum atomic E-state index is 10.4. The molecule has 0 unspecified atom stereocenters. The molecule has 20 heavy (non-hydrogen) atoms. The Morgan fingerprint density at radius 3 is 1.70 bits per heavy atom. The summed E-state index contributed by atoms with van der Waals surface area (Å²) in [5.41, 5.74) is 6.73. The minimum absolute atomic E-state index is 0.379. The van der Waals surface area contributed by atoms with Gasteiger partial charge in [-0.1, -0.05) is 36.4 Å². The normalized spacial score (nSPS) is 9.40. The molecule has 1 heterocycles. The number of hydrogen-bond donors (Lipinski definition) is 1. The van der Waals surface area contributed by atoms with Gasteiger partial charge in [0.1, 0.15) is 0 Å². The molecule has 0 aliphatic carbocycles. The summed E-state index contributed by atoms with van der Waals surface area (Å²) in [4.78, 5) is 10.4. The molecule has 2 aromatic carbocycles. The Balaban J connectivity index is 0.000000151. The number of carbonyl (C=O) groups excluding carboxylic acids is 1. The Morgan fingerprint density at radius 1 is 0.750 bits per heavy atom. The van der Waals surface area contributed by atoms with Crippen molar-refractivity contribution in [2.75, 3.05) is 0 Å². The van der Waals surface area contributed by atoms with E-state index in [2.05, 4.69) is 16.7 Å². The van der Waals surface area contributed by atoms with Crippen LogP contribution in [0.25, 0.3) is 5.69 Å². The number of aromatic nitrogens is 1. The number of amides is 1. The fourth-order valence-electron chi connectivity index (χ4n) is 1.71. The van der Waals surface area contributed by atoms with E-state index in [1.165, 1.54) is 5.69 Å². The van der Waals surface area contributed by atoms with Crippen molar-refractivity contribution >= 4 is 5.91 Å². The molecule has 3 nitrogen and oxygen atoms in total. The molecule has 0 atom stereocenters. The summed E-state index contributed by atoms with van der Waals surface area (Å²) in [5, 5.41) is 0. The first-order chi connectivity index (χ1) is 9.77. The molecule has 1 aromatic heterocycles. The standard InChI is InChI=1S/C10H9N.C7H7NO/c1-2-6-10(7-3-1)11-8-4-5-9-11;8-7(9)6-4-2-1-3-5-6/h1-9H;1-5H,(H2,8,9). The van der Waals surface area contributed by atoms with Crippen LogP contribution in [-0.2, 0) is 0 Å². The number of benzene rings is 2. The SMILES string of the molecule is NC(=O)c1ccccc1.c1ccc(-n2cccc2)cc1. The van der Waals surface area contributed by atoms with Gasteiger partial charge in [0.25, 0.3) is 0 Å². The summed E-state index contributed by atoms with van der Waals surface area (Å²) in [6, 6.07) is 23.1. The lowest BCUT2D eigenvalue weighted by molar-refractivity contribution is 0.100. The van der Waals surface area contributed by atoms with Crippen molar-refractivity contribution in [2.45, 2.75) is 0 Å². The van der Waals surface area contributed by atoms with Crippen molar-refractivity contribution in [3.05, 3.63) is 90.8 Å². The van der Waals surface area contributed by atoms with Crippen LogP contribution in [0.4, 0.5) is 0 Å². The van der Waals surface area contributed by atoms with E-state index in [0.29, 0.717) is 5.56 Å². The number of hydrogen-bond acceptors (Lipinski definition) is 1. The van der Waals surface area contributed by atoms with Crippen LogP contribution in [0.5, 0.6) is 0 Å². The zero-order chi connectivity index (χ0) is 14.2. The molecule has 0 aliphatic rings. The lowest BCUT2D eigenvalue weighted by atomic mass is 10.2. The summed E-state index contributed by atoms with van der Waals surface area (Å²) in [6.45, 7) is 0. The summed E-state index contributed by atoms with van der Waals surface area (Å²) in [5.74, 6) is -0.379. The van der Waals surface area contributed by atoms with Gasteiger partial charge in [0.15, 0.2) is 0 Å². The van der Waals surface area contributed by atoms with Crippen molar-refractivity contribution in [2.24, 2.45) is 5.73 Å². The van der Waals surface area contributed by atoms with Gasteiger partial charge in [-0.3, -0.25) is 4.79 Å². The van der Waals surface area contributed by atoms with Crippen LogP contribution in [-0.4, -0.2) is 10.5 Å². The van der Waals surface area contributed by atoms with Gasteiger partial charge < -0.3 is 10.3 Å². The van der Waals surface area contributed by atoms with E-state index in [-0.39, 0.29) is 5.91 Å². The topological polar surface area (TPSA) is 48.0 Å². The first-order valence-electron chi connectivity index (χ1n) is 6.30. The molecule has 0 saturated heterocycles. The van der Waals surface area contributed by atoms with Gasteiger partial charge >= 0.3 is 0 Å². The molecule has 0 fully saturated rings. The predicted molar refractivity (Wildman–Crippen MR) is 80.7 cm³/mol. The lowest BCUT2D eigenvalue weighted by Crippen LogP contribution is -2.09. The molecule has 1 amide bonds. The van der Waals surface area contributed by atoms with Crippen molar-refractivity contribution in [3.8, 4) is 5.69 Å². The van der Waals surface area contributed by atoms with Gasteiger partial charge in [-0.05, 0) is 36.4 Å². The molecule has 3 aromatic rings. The molecule has 100 valence electrons. The van der Waals surface area contributed by atoms with Crippen LogP contribution in [0.2, 0.25) is 0 Å². The zero-order valence-corrected chi connectivity index (χ0v) is 11.0. The van der Waals surface area contributed by atoms with Crippen molar-refractivity contribution in [1.29, 1.82) is 0 Å². The average Bonchev–Trinajstić information content (AvgIpc) is 3.04. The van der Waals surface area contributed by atoms with E-state index < -0.39 is 0 Å². The van der Waals surface area contributed by atoms with Crippen molar-refractivity contribution in [1.82, 2.24) is 4.57 Å². The minimum Gasteiger partial charge on any atom is -0.366 e. The molecule has 0 saturated carbocycles. The first kappa shape index (κ1) is 13.6. The van der Waals surface area contributed by atoms with Gasteiger partial charge in [0, 0.05) is 23.6 Å². The fraction of sp³-hybridized carbons (Fsp3) is 0. The smallest absolute Gasteiger partial charge is 0.248 e. The second-order valence-electron chi connectivity index (χ2n) is 4.16. The highest BCUT2D eigenvalue weighted by molar-refractivity contribution is 5.92. The first-order valence-corrected chi connectivity index (χ1v) is 6.30. The molecule has 0 spiro atoms. The highest BCUT2D eigenvalue weighted by Crippen LogP contribution is 2.05. The third kappa shape index (κ3) is 3.85. The Labute approximate surface area is 118 Å². The van der Waals surface area contributed by atoms with E-state index in [0.717, 1.165) is 0 Å². The predicted octanol–water partition coefficient (Wildman–Crippen LogP) is 3.26. The third-order valence-electron chi connectivity index (χ3n) is 2.72. The van der Waals surface area contributed by atoms with Crippen LogP contribution >= 0.6 is 0 Å². The largest absolute Gasteiger partial charge is 0.366 e. The van der Waals surface area contributed by atoms with Gasteiger partial charge in [0.05, 0.1) is 0 Å². The van der Waals surface area contributed by atoms with Gasteiger partial charge in [-0.2, -0.15) is 0 Å². The van der Waals surface area contributed by atoms with Crippen LogP contribution in [0.1, 0.15) is 10.4 Å². The summed E-state index contributed by atoms with van der Waals surface area (Å²) < 4.78 is 2.08. The van der Waals surface area contributed by atoms with Gasteiger partial charge in [-0.15, -0.1) is 0 Å². The van der Waals surface area contributed by atoms with Gasteiger partial charge in [-0.25, -0.2) is 0 Å². The van der Waals surface area contributed by atoms with E-state index in [1.54, 1.807) is 24.3 Å². The highest BCUT2D eigenvalue weighted by Gasteiger charge is 1.93. The molecule has 3 heteroatoms. The highest BCUT2D eigenvalue weighted by atomic mass is 16.1. The van der Waals surface area contributed by atoms with E-state index >= 15 is 0 Å². The number of carbonyl (C=O) groups is 1. The van der Waals surface area contributed by atoms with Crippen LogP contribution in [0.3, 0.4) is 0 Å². The third-order valence-corrected chi connectivity index (χ3v) is 2.72. The fourth-order valence-corrected chi connectivity index (χ4v) is 1.71. The summed E-state index contributed by atoms with van der Waals surface area (Å²) in [6.07, 6.45) is 4.07. The van der Waals surface area contributed by atoms with Crippen molar-refractivity contribution < 1.29 is 4.79 Å². The molecule has 2 N–H and O–H groups in total. The second kappa shape index (κ2) is 6.95. The summed E-state index contributed by atoms with van der Waals surface area (Å²) >= 11 is 0. The Morgan fingerprint density at radius 2 is 1.25 bits per heavy atom. The number of rotatable bonds is 2. The number of para-hydroxylation sites is 1. The van der Waals surface area contributed by atoms with Crippen LogP contribution < -0.4 is 5.73 Å². The van der Waals surface area contributed by atoms with Crippen LogP contribution in [0, 0.1) is 0 Å².